The molecule has 21 heavy (non-hydrogen) atoms. The Kier molecular flexibility index (Phi) is 5.58. The molecule has 0 unspecified atom stereocenters. The van der Waals surface area contributed by atoms with Crippen LogP contribution in [-0.2, 0) is 13.1 Å². The highest BCUT2D eigenvalue weighted by molar-refractivity contribution is 5.79. The standard InChI is InChI=1S/C16H20N4O/c1-17-16(19-11-13-6-4-3-5-7-13)20-12-14-8-9-18-15(10-14)21-2/h3-10H,11-12H2,1-2H3,(H2,17,19,20). The fourth-order valence-electron chi connectivity index (χ4n) is 1.86. The van der Waals surface area contributed by atoms with E-state index in [9.17, 15) is 0 Å². The molecule has 0 aliphatic carbocycles. The van der Waals surface area contributed by atoms with Crippen molar-refractivity contribution in [3.63, 3.8) is 0 Å². The topological polar surface area (TPSA) is 58.5 Å². The van der Waals surface area contributed by atoms with Crippen molar-refractivity contribution >= 4 is 5.96 Å². The maximum absolute atomic E-state index is 5.11. The van der Waals surface area contributed by atoms with Gasteiger partial charge in [-0.1, -0.05) is 30.3 Å². The average molecular weight is 284 g/mol. The summed E-state index contributed by atoms with van der Waals surface area (Å²) < 4.78 is 5.11. The summed E-state index contributed by atoms with van der Waals surface area (Å²) in [7, 11) is 3.37. The minimum Gasteiger partial charge on any atom is -0.481 e. The van der Waals surface area contributed by atoms with Crippen LogP contribution in [0.4, 0.5) is 0 Å². The molecule has 110 valence electrons. The lowest BCUT2D eigenvalue weighted by molar-refractivity contribution is 0.397. The fourth-order valence-corrected chi connectivity index (χ4v) is 1.86. The molecule has 0 amide bonds. The van der Waals surface area contributed by atoms with Crippen molar-refractivity contribution in [2.45, 2.75) is 13.1 Å². The number of pyridine rings is 1. The van der Waals surface area contributed by atoms with Crippen molar-refractivity contribution in [3.8, 4) is 5.88 Å². The number of ether oxygens (including phenoxy) is 1. The van der Waals surface area contributed by atoms with Gasteiger partial charge in [0.1, 0.15) is 0 Å². The van der Waals surface area contributed by atoms with Crippen LogP contribution in [0.25, 0.3) is 0 Å². The molecule has 0 saturated carbocycles. The summed E-state index contributed by atoms with van der Waals surface area (Å²) >= 11 is 0. The maximum Gasteiger partial charge on any atom is 0.213 e. The number of nitrogens with zero attached hydrogens (tertiary/aromatic N) is 2. The summed E-state index contributed by atoms with van der Waals surface area (Å²) in [5.41, 5.74) is 2.30. The molecule has 0 radical (unpaired) electrons. The molecule has 0 aliphatic rings. The predicted octanol–water partition coefficient (Wildman–Crippen LogP) is 1.96. The number of methoxy groups -OCH3 is 1. The molecule has 5 nitrogen and oxygen atoms in total. The van der Waals surface area contributed by atoms with Gasteiger partial charge >= 0.3 is 0 Å². The summed E-state index contributed by atoms with van der Waals surface area (Å²) in [6, 6.07) is 14.1. The number of rotatable bonds is 5. The zero-order valence-corrected chi connectivity index (χ0v) is 12.3. The molecular weight excluding hydrogens is 264 g/mol. The molecule has 0 atom stereocenters. The van der Waals surface area contributed by atoms with Crippen molar-refractivity contribution < 1.29 is 4.74 Å². The fraction of sp³-hybridized carbons (Fsp3) is 0.250. The molecule has 0 aliphatic heterocycles. The van der Waals surface area contributed by atoms with Gasteiger partial charge in [0.15, 0.2) is 5.96 Å². The van der Waals surface area contributed by atoms with Crippen molar-refractivity contribution in [1.29, 1.82) is 0 Å². The summed E-state index contributed by atoms with van der Waals surface area (Å²) in [6.07, 6.45) is 1.73. The van der Waals surface area contributed by atoms with Gasteiger partial charge < -0.3 is 15.4 Å². The predicted molar refractivity (Wildman–Crippen MR) is 84.3 cm³/mol. The van der Waals surface area contributed by atoms with Gasteiger partial charge in [0.05, 0.1) is 7.11 Å². The van der Waals surface area contributed by atoms with E-state index in [0.717, 1.165) is 18.1 Å². The lowest BCUT2D eigenvalue weighted by atomic mass is 10.2. The molecule has 0 saturated heterocycles. The van der Waals surface area contributed by atoms with Gasteiger partial charge in [0.2, 0.25) is 5.88 Å². The zero-order chi connectivity index (χ0) is 14.9. The average Bonchev–Trinajstić information content (AvgIpc) is 2.56. The highest BCUT2D eigenvalue weighted by atomic mass is 16.5. The van der Waals surface area contributed by atoms with Crippen molar-refractivity contribution in [3.05, 3.63) is 59.8 Å². The van der Waals surface area contributed by atoms with Crippen molar-refractivity contribution in [1.82, 2.24) is 15.6 Å². The third kappa shape index (κ3) is 4.80. The van der Waals surface area contributed by atoms with E-state index in [0.29, 0.717) is 12.4 Å². The Balaban J connectivity index is 1.85. The smallest absolute Gasteiger partial charge is 0.213 e. The van der Waals surface area contributed by atoms with E-state index >= 15 is 0 Å². The molecule has 1 aromatic carbocycles. The highest BCUT2D eigenvalue weighted by Gasteiger charge is 2.00. The molecule has 2 N–H and O–H groups in total. The number of benzene rings is 1. The third-order valence-electron chi connectivity index (χ3n) is 2.99. The van der Waals surface area contributed by atoms with E-state index < -0.39 is 0 Å². The number of guanidine groups is 1. The lowest BCUT2D eigenvalue weighted by Gasteiger charge is -2.12. The second-order valence-corrected chi connectivity index (χ2v) is 4.47. The minimum absolute atomic E-state index is 0.613. The molecule has 1 heterocycles. The number of hydrogen-bond acceptors (Lipinski definition) is 3. The Hall–Kier alpha value is -2.56. The number of nitrogens with one attached hydrogen (secondary N) is 2. The summed E-state index contributed by atoms with van der Waals surface area (Å²) in [5.74, 6) is 1.37. The van der Waals surface area contributed by atoms with E-state index in [1.807, 2.05) is 30.3 Å². The van der Waals surface area contributed by atoms with Gasteiger partial charge in [-0.05, 0) is 17.2 Å². The molecule has 1 aromatic heterocycles. The SMILES string of the molecule is CN=C(NCc1ccccc1)NCc1ccnc(OC)c1. The normalized spacial score (nSPS) is 11.0. The van der Waals surface area contributed by atoms with Crippen LogP contribution < -0.4 is 15.4 Å². The largest absolute Gasteiger partial charge is 0.481 e. The first kappa shape index (κ1) is 14.8. The number of aliphatic imine (C=N–C) groups is 1. The quantitative estimate of drug-likeness (QED) is 0.651. The Labute approximate surface area is 125 Å². The van der Waals surface area contributed by atoms with E-state index in [1.54, 1.807) is 20.4 Å². The Morgan fingerprint density at radius 1 is 1.10 bits per heavy atom. The minimum atomic E-state index is 0.613. The Morgan fingerprint density at radius 3 is 2.48 bits per heavy atom. The molecular formula is C16H20N4O. The first-order chi connectivity index (χ1) is 10.3. The molecule has 0 spiro atoms. The van der Waals surface area contributed by atoms with E-state index in [2.05, 4.69) is 32.7 Å². The first-order valence-electron chi connectivity index (χ1n) is 6.79. The van der Waals surface area contributed by atoms with Crippen LogP contribution in [0.2, 0.25) is 0 Å². The van der Waals surface area contributed by atoms with Gasteiger partial charge in [-0.15, -0.1) is 0 Å². The molecule has 5 heteroatoms. The van der Waals surface area contributed by atoms with Crippen molar-refractivity contribution in [2.24, 2.45) is 4.99 Å². The molecule has 2 aromatic rings. The van der Waals surface area contributed by atoms with Crippen LogP contribution in [-0.4, -0.2) is 25.1 Å². The van der Waals surface area contributed by atoms with E-state index in [4.69, 9.17) is 4.74 Å². The van der Waals surface area contributed by atoms with Gasteiger partial charge in [-0.25, -0.2) is 4.98 Å². The summed E-state index contributed by atoms with van der Waals surface area (Å²) in [4.78, 5) is 8.29. The summed E-state index contributed by atoms with van der Waals surface area (Å²) in [6.45, 7) is 1.40. The third-order valence-corrected chi connectivity index (χ3v) is 2.99. The van der Waals surface area contributed by atoms with Crippen LogP contribution >= 0.6 is 0 Å². The lowest BCUT2D eigenvalue weighted by Crippen LogP contribution is -2.36. The van der Waals surface area contributed by atoms with Crippen LogP contribution in [0.15, 0.2) is 53.7 Å². The van der Waals surface area contributed by atoms with Gasteiger partial charge in [-0.3, -0.25) is 4.99 Å². The number of hydrogen-bond donors (Lipinski definition) is 2. The first-order valence-corrected chi connectivity index (χ1v) is 6.79. The molecule has 2 rings (SSSR count). The van der Waals surface area contributed by atoms with Crippen LogP contribution in [0.3, 0.4) is 0 Å². The Bertz CT molecular complexity index is 584. The Morgan fingerprint density at radius 2 is 1.81 bits per heavy atom. The van der Waals surface area contributed by atoms with E-state index in [1.165, 1.54) is 5.56 Å². The van der Waals surface area contributed by atoms with Crippen LogP contribution in [0, 0.1) is 0 Å². The maximum atomic E-state index is 5.11. The van der Waals surface area contributed by atoms with Crippen LogP contribution in [0.1, 0.15) is 11.1 Å². The monoisotopic (exact) mass is 284 g/mol. The molecule has 0 fully saturated rings. The summed E-state index contributed by atoms with van der Waals surface area (Å²) in [5, 5.41) is 6.54. The van der Waals surface area contributed by atoms with Gasteiger partial charge in [-0.2, -0.15) is 0 Å². The zero-order valence-electron chi connectivity index (χ0n) is 12.3. The van der Waals surface area contributed by atoms with Gasteiger partial charge in [0, 0.05) is 32.4 Å². The van der Waals surface area contributed by atoms with Crippen molar-refractivity contribution in [2.75, 3.05) is 14.2 Å². The number of aromatic nitrogens is 1. The second kappa shape index (κ2) is 7.89. The van der Waals surface area contributed by atoms with E-state index in [-0.39, 0.29) is 0 Å². The highest BCUT2D eigenvalue weighted by Crippen LogP contribution is 2.07. The second-order valence-electron chi connectivity index (χ2n) is 4.47. The van der Waals surface area contributed by atoms with Gasteiger partial charge in [0.25, 0.3) is 0 Å². The molecule has 0 bridgehead atoms. The van der Waals surface area contributed by atoms with Crippen LogP contribution in [0.5, 0.6) is 5.88 Å².